The lowest BCUT2D eigenvalue weighted by Crippen LogP contribution is -2.43. The van der Waals surface area contributed by atoms with Crippen molar-refractivity contribution in [1.82, 2.24) is 10.6 Å². The molecule has 2 rings (SSSR count). The average Bonchev–Trinajstić information content (AvgIpc) is 2.51. The Kier molecular flexibility index (Phi) is 2.75. The minimum absolute atomic E-state index is 0.201. The van der Waals surface area contributed by atoms with Crippen LogP contribution in [0.5, 0.6) is 5.75 Å². The van der Waals surface area contributed by atoms with Crippen LogP contribution in [0.15, 0.2) is 24.3 Å². The second-order valence-electron chi connectivity index (χ2n) is 4.41. The molecule has 1 unspecified atom stereocenters. The Morgan fingerprint density at radius 2 is 2.12 bits per heavy atom. The van der Waals surface area contributed by atoms with Gasteiger partial charge in [0.1, 0.15) is 11.3 Å². The number of imide groups is 1. The molecule has 1 aromatic carbocycles. The number of phenolic OH excluding ortho intramolecular Hbond substituents is 1. The molecule has 1 saturated heterocycles. The lowest BCUT2D eigenvalue weighted by atomic mass is 9.93. The highest BCUT2D eigenvalue weighted by Crippen LogP contribution is 2.19. The van der Waals surface area contributed by atoms with Gasteiger partial charge in [0.05, 0.1) is 0 Å². The molecule has 1 aliphatic heterocycles. The number of aromatic hydroxyl groups is 1. The Labute approximate surface area is 98.8 Å². The molecule has 0 saturated carbocycles. The molecular formula is C12H14N2O3. The fraction of sp³-hybridized carbons (Fsp3) is 0.333. The van der Waals surface area contributed by atoms with Crippen LogP contribution in [-0.2, 0) is 11.2 Å². The molecule has 1 fully saturated rings. The van der Waals surface area contributed by atoms with Crippen molar-refractivity contribution in [3.63, 3.8) is 0 Å². The van der Waals surface area contributed by atoms with E-state index in [0.29, 0.717) is 12.8 Å². The minimum atomic E-state index is -0.859. The summed E-state index contributed by atoms with van der Waals surface area (Å²) >= 11 is 0. The van der Waals surface area contributed by atoms with E-state index in [9.17, 15) is 14.7 Å². The predicted octanol–water partition coefficient (Wildman–Crippen LogP) is 0.923. The molecule has 0 aromatic heterocycles. The van der Waals surface area contributed by atoms with Crippen molar-refractivity contribution in [3.05, 3.63) is 29.8 Å². The lowest BCUT2D eigenvalue weighted by Gasteiger charge is -2.20. The third kappa shape index (κ3) is 2.38. The Bertz CT molecular complexity index is 473. The Morgan fingerprint density at radius 3 is 2.71 bits per heavy atom. The second kappa shape index (κ2) is 4.08. The summed E-state index contributed by atoms with van der Waals surface area (Å²) in [6.45, 7) is 1.69. The summed E-state index contributed by atoms with van der Waals surface area (Å²) in [6, 6.07) is 6.42. The van der Waals surface area contributed by atoms with Crippen LogP contribution in [0.2, 0.25) is 0 Å². The van der Waals surface area contributed by atoms with E-state index < -0.39 is 11.6 Å². The lowest BCUT2D eigenvalue weighted by molar-refractivity contribution is -0.123. The molecule has 1 heterocycles. The van der Waals surface area contributed by atoms with Crippen molar-refractivity contribution >= 4 is 11.9 Å². The topological polar surface area (TPSA) is 78.4 Å². The molecular weight excluding hydrogens is 220 g/mol. The molecule has 3 N–H and O–H groups in total. The smallest absolute Gasteiger partial charge is 0.322 e. The van der Waals surface area contributed by atoms with E-state index in [4.69, 9.17) is 0 Å². The second-order valence-corrected chi connectivity index (χ2v) is 4.41. The zero-order chi connectivity index (χ0) is 12.5. The van der Waals surface area contributed by atoms with E-state index in [0.717, 1.165) is 5.56 Å². The van der Waals surface area contributed by atoms with E-state index in [1.165, 1.54) is 0 Å². The van der Waals surface area contributed by atoms with Gasteiger partial charge in [0.2, 0.25) is 0 Å². The van der Waals surface area contributed by atoms with Crippen LogP contribution < -0.4 is 10.6 Å². The van der Waals surface area contributed by atoms with Gasteiger partial charge >= 0.3 is 6.03 Å². The van der Waals surface area contributed by atoms with Gasteiger partial charge in [-0.3, -0.25) is 10.1 Å². The van der Waals surface area contributed by atoms with Crippen LogP contribution in [-0.4, -0.2) is 22.6 Å². The SMILES string of the molecule is CC1(CCc2cccc(O)c2)NC(=O)NC1=O. The number of hydrogen-bond acceptors (Lipinski definition) is 3. The summed E-state index contributed by atoms with van der Waals surface area (Å²) in [5, 5.41) is 14.1. The highest BCUT2D eigenvalue weighted by molar-refractivity contribution is 6.06. The number of benzene rings is 1. The zero-order valence-electron chi connectivity index (χ0n) is 9.49. The summed E-state index contributed by atoms with van der Waals surface area (Å²) in [5.41, 5.74) is 0.0721. The largest absolute Gasteiger partial charge is 0.508 e. The maximum atomic E-state index is 11.6. The van der Waals surface area contributed by atoms with Crippen molar-refractivity contribution in [1.29, 1.82) is 0 Å². The Balaban J connectivity index is 2.03. The summed E-state index contributed by atoms with van der Waals surface area (Å²) < 4.78 is 0. The first-order valence-electron chi connectivity index (χ1n) is 5.41. The maximum Gasteiger partial charge on any atom is 0.322 e. The number of hydrogen-bond donors (Lipinski definition) is 3. The number of aryl methyl sites for hydroxylation is 1. The molecule has 0 radical (unpaired) electrons. The van der Waals surface area contributed by atoms with Gasteiger partial charge in [0.25, 0.3) is 5.91 Å². The number of carbonyl (C=O) groups is 2. The van der Waals surface area contributed by atoms with Crippen LogP contribution in [0.3, 0.4) is 0 Å². The molecule has 0 aliphatic carbocycles. The van der Waals surface area contributed by atoms with Gasteiger partial charge in [-0.25, -0.2) is 4.79 Å². The third-order valence-electron chi connectivity index (χ3n) is 2.94. The van der Waals surface area contributed by atoms with E-state index in [1.54, 1.807) is 25.1 Å². The maximum absolute atomic E-state index is 11.6. The first-order chi connectivity index (χ1) is 7.99. The predicted molar refractivity (Wildman–Crippen MR) is 61.5 cm³/mol. The van der Waals surface area contributed by atoms with Gasteiger partial charge in [-0.1, -0.05) is 12.1 Å². The van der Waals surface area contributed by atoms with Gasteiger partial charge in [-0.05, 0) is 37.5 Å². The van der Waals surface area contributed by atoms with Crippen molar-refractivity contribution in [2.24, 2.45) is 0 Å². The standard InChI is InChI=1S/C12H14N2O3/c1-12(10(16)13-11(17)14-12)6-5-8-3-2-4-9(15)7-8/h2-4,7,15H,5-6H2,1H3,(H2,13,14,16,17). The molecule has 90 valence electrons. The Hall–Kier alpha value is -2.04. The van der Waals surface area contributed by atoms with Gasteiger partial charge < -0.3 is 10.4 Å². The quantitative estimate of drug-likeness (QED) is 0.680. The van der Waals surface area contributed by atoms with Crippen LogP contribution in [0.1, 0.15) is 18.9 Å². The van der Waals surface area contributed by atoms with Crippen LogP contribution in [0.25, 0.3) is 0 Å². The molecule has 1 aliphatic rings. The summed E-state index contributed by atoms with van der Waals surface area (Å²) in [4.78, 5) is 22.6. The van der Waals surface area contributed by atoms with Gasteiger partial charge in [-0.2, -0.15) is 0 Å². The number of urea groups is 1. The van der Waals surface area contributed by atoms with Crippen molar-refractivity contribution in [2.45, 2.75) is 25.3 Å². The zero-order valence-corrected chi connectivity index (χ0v) is 9.49. The molecule has 1 atom stereocenters. The number of phenols is 1. The molecule has 5 nitrogen and oxygen atoms in total. The average molecular weight is 234 g/mol. The number of amides is 3. The molecule has 17 heavy (non-hydrogen) atoms. The van der Waals surface area contributed by atoms with Crippen LogP contribution >= 0.6 is 0 Å². The van der Waals surface area contributed by atoms with E-state index in [2.05, 4.69) is 10.6 Å². The van der Waals surface area contributed by atoms with Crippen LogP contribution in [0.4, 0.5) is 4.79 Å². The number of carbonyl (C=O) groups excluding carboxylic acids is 2. The van der Waals surface area contributed by atoms with Gasteiger partial charge in [-0.15, -0.1) is 0 Å². The summed E-state index contributed by atoms with van der Waals surface area (Å²) in [7, 11) is 0. The Morgan fingerprint density at radius 1 is 1.35 bits per heavy atom. The molecule has 5 heteroatoms. The molecule has 0 bridgehead atoms. The first-order valence-corrected chi connectivity index (χ1v) is 5.41. The van der Waals surface area contributed by atoms with Crippen molar-refractivity contribution in [3.8, 4) is 5.75 Å². The van der Waals surface area contributed by atoms with Gasteiger partial charge in [0.15, 0.2) is 0 Å². The van der Waals surface area contributed by atoms with E-state index in [-0.39, 0.29) is 11.7 Å². The summed E-state index contributed by atoms with van der Waals surface area (Å²) in [6.07, 6.45) is 1.10. The normalized spacial score (nSPS) is 23.4. The first kappa shape index (κ1) is 11.4. The fourth-order valence-corrected chi connectivity index (χ4v) is 1.86. The highest BCUT2D eigenvalue weighted by Gasteiger charge is 2.41. The summed E-state index contributed by atoms with van der Waals surface area (Å²) in [5.74, 6) is -0.102. The minimum Gasteiger partial charge on any atom is -0.508 e. The molecule has 1 aromatic rings. The molecule has 0 spiro atoms. The van der Waals surface area contributed by atoms with Crippen LogP contribution in [0, 0.1) is 0 Å². The van der Waals surface area contributed by atoms with E-state index >= 15 is 0 Å². The fourth-order valence-electron chi connectivity index (χ4n) is 1.86. The monoisotopic (exact) mass is 234 g/mol. The van der Waals surface area contributed by atoms with Crippen molar-refractivity contribution < 1.29 is 14.7 Å². The van der Waals surface area contributed by atoms with Gasteiger partial charge in [0, 0.05) is 0 Å². The molecule has 3 amide bonds. The van der Waals surface area contributed by atoms with Crippen molar-refractivity contribution in [2.75, 3.05) is 0 Å². The number of nitrogens with one attached hydrogen (secondary N) is 2. The van der Waals surface area contributed by atoms with E-state index in [1.807, 2.05) is 6.07 Å². The highest BCUT2D eigenvalue weighted by atomic mass is 16.3. The number of rotatable bonds is 3. The third-order valence-corrected chi connectivity index (χ3v) is 2.94.